The highest BCUT2D eigenvalue weighted by atomic mass is 16.5. The van der Waals surface area contributed by atoms with Gasteiger partial charge in [-0.15, -0.1) is 0 Å². The van der Waals surface area contributed by atoms with E-state index < -0.39 is 0 Å². The minimum atomic E-state index is 0.392. The van der Waals surface area contributed by atoms with Crippen molar-refractivity contribution in [2.75, 3.05) is 32.1 Å². The highest BCUT2D eigenvalue weighted by Gasteiger charge is 2.10. The van der Waals surface area contributed by atoms with Crippen molar-refractivity contribution in [1.29, 1.82) is 0 Å². The molecule has 0 amide bonds. The van der Waals surface area contributed by atoms with Gasteiger partial charge in [-0.3, -0.25) is 0 Å². The maximum atomic E-state index is 5.21. The summed E-state index contributed by atoms with van der Waals surface area (Å²) in [5.41, 5.74) is 0.964. The molecule has 1 unspecified atom stereocenters. The van der Waals surface area contributed by atoms with Gasteiger partial charge in [-0.2, -0.15) is 0 Å². The van der Waals surface area contributed by atoms with Crippen LogP contribution in [0.2, 0.25) is 0 Å². The number of ether oxygens (including phenoxy) is 1. The van der Waals surface area contributed by atoms with Crippen LogP contribution in [0.5, 0.6) is 5.88 Å². The van der Waals surface area contributed by atoms with Gasteiger partial charge in [-0.1, -0.05) is 13.8 Å². The minimum absolute atomic E-state index is 0.392. The van der Waals surface area contributed by atoms with Crippen LogP contribution in [0.4, 0.5) is 5.82 Å². The third-order valence-electron chi connectivity index (χ3n) is 3.62. The Labute approximate surface area is 122 Å². The molecule has 1 atom stereocenters. The molecule has 0 fully saturated rings. The molecule has 0 aliphatic heterocycles. The summed E-state index contributed by atoms with van der Waals surface area (Å²) in [6.45, 7) is 12.0. The maximum Gasteiger partial charge on any atom is 0.221 e. The molecule has 0 radical (unpaired) electrons. The fourth-order valence-electron chi connectivity index (χ4n) is 2.25. The van der Waals surface area contributed by atoms with Crippen molar-refractivity contribution in [1.82, 2.24) is 14.9 Å². The summed E-state index contributed by atoms with van der Waals surface area (Å²) in [6.07, 6.45) is 3.86. The van der Waals surface area contributed by atoms with E-state index in [1.165, 1.54) is 12.7 Å². The molecule has 0 saturated carbocycles. The lowest BCUT2D eigenvalue weighted by atomic mass is 10.1. The van der Waals surface area contributed by atoms with E-state index >= 15 is 0 Å². The first-order valence-electron chi connectivity index (χ1n) is 7.46. The fourth-order valence-corrected chi connectivity index (χ4v) is 2.25. The van der Waals surface area contributed by atoms with Crippen LogP contribution in [0, 0.1) is 6.92 Å². The van der Waals surface area contributed by atoms with Crippen LogP contribution in [-0.4, -0.2) is 47.7 Å². The van der Waals surface area contributed by atoms with Gasteiger partial charge in [-0.05, 0) is 46.3 Å². The molecule has 0 aliphatic rings. The van der Waals surface area contributed by atoms with Crippen molar-refractivity contribution in [3.05, 3.63) is 11.9 Å². The summed E-state index contributed by atoms with van der Waals surface area (Å²) < 4.78 is 5.21. The standard InChI is InChI=1S/C15H28N4O/c1-6-19(7-2)10-8-9-12(3)18-14-13(4)15(20-5)17-11-16-14/h11-12H,6-10H2,1-5H3,(H,16,17,18). The van der Waals surface area contributed by atoms with Gasteiger partial charge < -0.3 is 15.0 Å². The molecule has 0 bridgehead atoms. The number of rotatable bonds is 9. The Kier molecular flexibility index (Phi) is 7.30. The summed E-state index contributed by atoms with van der Waals surface area (Å²) in [5, 5.41) is 3.45. The molecule has 0 aromatic carbocycles. The third-order valence-corrected chi connectivity index (χ3v) is 3.62. The smallest absolute Gasteiger partial charge is 0.221 e. The van der Waals surface area contributed by atoms with E-state index in [9.17, 15) is 0 Å². The Morgan fingerprint density at radius 2 is 2.00 bits per heavy atom. The Morgan fingerprint density at radius 1 is 1.30 bits per heavy atom. The van der Waals surface area contributed by atoms with E-state index in [-0.39, 0.29) is 0 Å². The molecule has 1 N–H and O–H groups in total. The quantitative estimate of drug-likeness (QED) is 0.753. The summed E-state index contributed by atoms with van der Waals surface area (Å²) in [4.78, 5) is 10.8. The van der Waals surface area contributed by atoms with Crippen LogP contribution in [0.1, 0.15) is 39.2 Å². The predicted molar refractivity (Wildman–Crippen MR) is 83.4 cm³/mol. The number of hydrogen-bond acceptors (Lipinski definition) is 5. The zero-order chi connectivity index (χ0) is 15.0. The van der Waals surface area contributed by atoms with Gasteiger partial charge >= 0.3 is 0 Å². The van der Waals surface area contributed by atoms with Crippen molar-refractivity contribution in [3.8, 4) is 5.88 Å². The monoisotopic (exact) mass is 280 g/mol. The molecule has 0 saturated heterocycles. The molecule has 1 heterocycles. The van der Waals surface area contributed by atoms with Crippen molar-refractivity contribution in [2.24, 2.45) is 0 Å². The highest BCUT2D eigenvalue weighted by Crippen LogP contribution is 2.20. The van der Waals surface area contributed by atoms with Crippen LogP contribution in [0.25, 0.3) is 0 Å². The number of methoxy groups -OCH3 is 1. The fraction of sp³-hybridized carbons (Fsp3) is 0.733. The number of anilines is 1. The van der Waals surface area contributed by atoms with Gasteiger partial charge in [0.05, 0.1) is 12.7 Å². The van der Waals surface area contributed by atoms with Gasteiger partial charge in [0.1, 0.15) is 12.1 Å². The Balaban J connectivity index is 2.44. The van der Waals surface area contributed by atoms with E-state index in [1.54, 1.807) is 7.11 Å². The SMILES string of the molecule is CCN(CC)CCCC(C)Nc1ncnc(OC)c1C. The van der Waals surface area contributed by atoms with Crippen molar-refractivity contribution in [3.63, 3.8) is 0 Å². The first kappa shape index (κ1) is 16.7. The normalized spacial score (nSPS) is 12.5. The van der Waals surface area contributed by atoms with Crippen LogP contribution in [-0.2, 0) is 0 Å². The molecule has 114 valence electrons. The Morgan fingerprint density at radius 3 is 2.60 bits per heavy atom. The van der Waals surface area contributed by atoms with E-state index in [1.807, 2.05) is 6.92 Å². The third kappa shape index (κ3) is 4.96. The first-order chi connectivity index (χ1) is 9.62. The maximum absolute atomic E-state index is 5.21. The largest absolute Gasteiger partial charge is 0.481 e. The lowest BCUT2D eigenvalue weighted by Gasteiger charge is -2.20. The number of nitrogens with one attached hydrogen (secondary N) is 1. The van der Waals surface area contributed by atoms with Gasteiger partial charge in [0.15, 0.2) is 0 Å². The number of nitrogens with zero attached hydrogens (tertiary/aromatic N) is 3. The lowest BCUT2D eigenvalue weighted by Crippen LogP contribution is -2.26. The molecule has 5 heteroatoms. The van der Waals surface area contributed by atoms with E-state index in [4.69, 9.17) is 4.74 Å². The molecule has 20 heavy (non-hydrogen) atoms. The lowest BCUT2D eigenvalue weighted by molar-refractivity contribution is 0.295. The van der Waals surface area contributed by atoms with Crippen molar-refractivity contribution in [2.45, 2.75) is 46.6 Å². The molecule has 0 aliphatic carbocycles. The van der Waals surface area contributed by atoms with Crippen LogP contribution < -0.4 is 10.1 Å². The second-order valence-electron chi connectivity index (χ2n) is 5.07. The average molecular weight is 280 g/mol. The Bertz CT molecular complexity index is 393. The van der Waals surface area contributed by atoms with E-state index in [0.29, 0.717) is 11.9 Å². The van der Waals surface area contributed by atoms with Gasteiger partial charge in [0, 0.05) is 6.04 Å². The second kappa shape index (κ2) is 8.74. The van der Waals surface area contributed by atoms with Gasteiger partial charge in [0.2, 0.25) is 5.88 Å². The summed E-state index contributed by atoms with van der Waals surface area (Å²) in [5.74, 6) is 1.50. The minimum Gasteiger partial charge on any atom is -0.481 e. The Hall–Kier alpha value is -1.36. The summed E-state index contributed by atoms with van der Waals surface area (Å²) in [7, 11) is 1.63. The zero-order valence-electron chi connectivity index (χ0n) is 13.4. The van der Waals surface area contributed by atoms with Gasteiger partial charge in [0.25, 0.3) is 0 Å². The predicted octanol–water partition coefficient (Wildman–Crippen LogP) is 2.72. The van der Waals surface area contributed by atoms with Crippen LogP contribution in [0.15, 0.2) is 6.33 Å². The van der Waals surface area contributed by atoms with E-state index in [2.05, 4.69) is 41.0 Å². The summed E-state index contributed by atoms with van der Waals surface area (Å²) in [6, 6.07) is 0.392. The molecule has 0 spiro atoms. The zero-order valence-corrected chi connectivity index (χ0v) is 13.4. The molecule has 1 aromatic heterocycles. The van der Waals surface area contributed by atoms with Crippen molar-refractivity contribution >= 4 is 5.82 Å². The average Bonchev–Trinajstić information content (AvgIpc) is 2.46. The molecular weight excluding hydrogens is 252 g/mol. The molecule has 1 rings (SSSR count). The topological polar surface area (TPSA) is 50.3 Å². The molecule has 5 nitrogen and oxygen atoms in total. The number of aromatic nitrogens is 2. The van der Waals surface area contributed by atoms with E-state index in [0.717, 1.165) is 37.4 Å². The number of hydrogen-bond donors (Lipinski definition) is 1. The van der Waals surface area contributed by atoms with Gasteiger partial charge in [-0.25, -0.2) is 9.97 Å². The van der Waals surface area contributed by atoms with Crippen LogP contribution in [0.3, 0.4) is 0 Å². The molecule has 1 aromatic rings. The summed E-state index contributed by atoms with van der Waals surface area (Å²) >= 11 is 0. The first-order valence-corrected chi connectivity index (χ1v) is 7.46. The van der Waals surface area contributed by atoms with Crippen molar-refractivity contribution < 1.29 is 4.74 Å². The highest BCUT2D eigenvalue weighted by molar-refractivity contribution is 5.48. The molecular formula is C15H28N4O. The second-order valence-corrected chi connectivity index (χ2v) is 5.07. The van der Waals surface area contributed by atoms with Crippen LogP contribution >= 0.6 is 0 Å².